The maximum absolute atomic E-state index is 12.2. The van der Waals surface area contributed by atoms with Gasteiger partial charge in [-0.25, -0.2) is 0 Å². The van der Waals surface area contributed by atoms with E-state index in [1.807, 2.05) is 36.4 Å². The van der Waals surface area contributed by atoms with Gasteiger partial charge in [0.15, 0.2) is 0 Å². The molecule has 0 fully saturated rings. The summed E-state index contributed by atoms with van der Waals surface area (Å²) in [7, 11) is 0. The van der Waals surface area contributed by atoms with E-state index in [4.69, 9.17) is 5.73 Å². The molecule has 0 bridgehead atoms. The van der Waals surface area contributed by atoms with Crippen LogP contribution in [0.15, 0.2) is 66.7 Å². The van der Waals surface area contributed by atoms with E-state index < -0.39 is 5.91 Å². The molecule has 0 saturated heterocycles. The van der Waals surface area contributed by atoms with Crippen LogP contribution in [0.5, 0.6) is 0 Å². The average Bonchev–Trinajstić information content (AvgIpc) is 2.68. The van der Waals surface area contributed by atoms with Gasteiger partial charge >= 0.3 is 0 Å². The van der Waals surface area contributed by atoms with Gasteiger partial charge in [0.1, 0.15) is 0 Å². The lowest BCUT2D eigenvalue weighted by Gasteiger charge is -2.08. The fourth-order valence-electron chi connectivity index (χ4n) is 2.66. The Bertz CT molecular complexity index is 997. The summed E-state index contributed by atoms with van der Waals surface area (Å²) in [6.07, 6.45) is 0.136. The monoisotopic (exact) mass is 361 g/mol. The number of hydrogen-bond acceptors (Lipinski definition) is 3. The number of carbonyl (C=O) groups is 3. The predicted octanol–water partition coefficient (Wildman–Crippen LogP) is 2.70. The predicted molar refractivity (Wildman–Crippen MR) is 104 cm³/mol. The largest absolute Gasteiger partial charge is 0.366 e. The lowest BCUT2D eigenvalue weighted by Crippen LogP contribution is -2.27. The Morgan fingerprint density at radius 2 is 1.48 bits per heavy atom. The minimum atomic E-state index is -0.524. The Labute approximate surface area is 156 Å². The molecule has 0 saturated carbocycles. The molecule has 4 N–H and O–H groups in total. The first-order valence-electron chi connectivity index (χ1n) is 8.49. The summed E-state index contributed by atoms with van der Waals surface area (Å²) in [6.45, 7) is 0.219. The number of anilines is 1. The zero-order valence-corrected chi connectivity index (χ0v) is 14.6. The molecule has 3 amide bonds. The summed E-state index contributed by atoms with van der Waals surface area (Å²) in [5, 5.41) is 7.50. The molecule has 136 valence electrons. The lowest BCUT2D eigenvalue weighted by molar-refractivity contribution is -0.116. The van der Waals surface area contributed by atoms with Crippen molar-refractivity contribution in [2.24, 2.45) is 5.73 Å². The third kappa shape index (κ3) is 4.70. The number of rotatable bonds is 6. The quantitative estimate of drug-likeness (QED) is 0.629. The third-order valence-corrected chi connectivity index (χ3v) is 4.10. The molecule has 0 aliphatic rings. The molecule has 6 nitrogen and oxygen atoms in total. The van der Waals surface area contributed by atoms with Crippen LogP contribution >= 0.6 is 0 Å². The summed E-state index contributed by atoms with van der Waals surface area (Å²) in [4.78, 5) is 35.2. The molecule has 3 rings (SSSR count). The second-order valence-corrected chi connectivity index (χ2v) is 6.06. The van der Waals surface area contributed by atoms with E-state index in [1.54, 1.807) is 30.3 Å². The normalized spacial score (nSPS) is 10.4. The number of nitrogens with one attached hydrogen (secondary N) is 2. The maximum atomic E-state index is 12.2. The van der Waals surface area contributed by atoms with Crippen LogP contribution in [0.4, 0.5) is 5.69 Å². The number of primary amides is 1. The molecule has 0 unspecified atom stereocenters. The van der Waals surface area contributed by atoms with Gasteiger partial charge in [-0.2, -0.15) is 0 Å². The van der Waals surface area contributed by atoms with Crippen molar-refractivity contribution < 1.29 is 14.4 Å². The van der Waals surface area contributed by atoms with Crippen molar-refractivity contribution in [2.75, 3.05) is 11.9 Å². The second-order valence-electron chi connectivity index (χ2n) is 6.06. The lowest BCUT2D eigenvalue weighted by atomic mass is 10.1. The van der Waals surface area contributed by atoms with Gasteiger partial charge in [-0.1, -0.05) is 30.3 Å². The topological polar surface area (TPSA) is 101 Å². The molecule has 6 heteroatoms. The molecule has 3 aromatic rings. The minimum absolute atomic E-state index is 0.136. The van der Waals surface area contributed by atoms with Crippen molar-refractivity contribution in [3.8, 4) is 0 Å². The van der Waals surface area contributed by atoms with Gasteiger partial charge in [-0.05, 0) is 47.2 Å². The second kappa shape index (κ2) is 8.14. The van der Waals surface area contributed by atoms with Crippen LogP contribution in [0.3, 0.4) is 0 Å². The standard InChI is InChI=1S/C21H19N3O3/c22-20(26)15-7-9-18(10-8-15)24-19(25)11-12-23-21(27)17-6-5-14-3-1-2-4-16(14)13-17/h1-10,13H,11-12H2,(H2,22,26)(H,23,27)(H,24,25). The number of hydrogen-bond donors (Lipinski definition) is 3. The molecule has 0 radical (unpaired) electrons. The first kappa shape index (κ1) is 18.1. The van der Waals surface area contributed by atoms with Gasteiger partial charge in [0.05, 0.1) is 0 Å². The van der Waals surface area contributed by atoms with E-state index in [1.165, 1.54) is 0 Å². The van der Waals surface area contributed by atoms with Gasteiger partial charge in [0.25, 0.3) is 5.91 Å². The number of carbonyl (C=O) groups excluding carboxylic acids is 3. The van der Waals surface area contributed by atoms with Crippen LogP contribution in [0.2, 0.25) is 0 Å². The van der Waals surface area contributed by atoms with E-state index in [9.17, 15) is 14.4 Å². The zero-order chi connectivity index (χ0) is 19.2. The van der Waals surface area contributed by atoms with Crippen molar-refractivity contribution in [2.45, 2.75) is 6.42 Å². The van der Waals surface area contributed by atoms with Gasteiger partial charge in [0.2, 0.25) is 11.8 Å². The highest BCUT2D eigenvalue weighted by Crippen LogP contribution is 2.15. The third-order valence-electron chi connectivity index (χ3n) is 4.10. The SMILES string of the molecule is NC(=O)c1ccc(NC(=O)CCNC(=O)c2ccc3ccccc3c2)cc1. The molecule has 0 aromatic heterocycles. The Balaban J connectivity index is 1.50. The Kier molecular flexibility index (Phi) is 5.47. The van der Waals surface area contributed by atoms with Crippen molar-refractivity contribution in [3.05, 3.63) is 77.9 Å². The van der Waals surface area contributed by atoms with Crippen LogP contribution in [0, 0.1) is 0 Å². The zero-order valence-electron chi connectivity index (χ0n) is 14.6. The minimum Gasteiger partial charge on any atom is -0.366 e. The number of amides is 3. The molecule has 0 aliphatic heterocycles. The summed E-state index contributed by atoms with van der Waals surface area (Å²) in [5.41, 5.74) is 6.66. The van der Waals surface area contributed by atoms with Crippen molar-refractivity contribution in [3.63, 3.8) is 0 Å². The smallest absolute Gasteiger partial charge is 0.251 e. The first-order valence-corrected chi connectivity index (χ1v) is 8.49. The summed E-state index contributed by atoms with van der Waals surface area (Å²) >= 11 is 0. The van der Waals surface area contributed by atoms with Crippen LogP contribution in [-0.4, -0.2) is 24.3 Å². The van der Waals surface area contributed by atoms with Gasteiger partial charge in [-0.3, -0.25) is 14.4 Å². The Hall–Kier alpha value is -3.67. The molecule has 0 atom stereocenters. The highest BCUT2D eigenvalue weighted by atomic mass is 16.2. The van der Waals surface area contributed by atoms with E-state index in [0.29, 0.717) is 16.8 Å². The summed E-state index contributed by atoms with van der Waals surface area (Å²) in [6, 6.07) is 19.6. The molecular weight excluding hydrogens is 342 g/mol. The number of benzene rings is 3. The van der Waals surface area contributed by atoms with E-state index in [0.717, 1.165) is 10.8 Å². The molecule has 27 heavy (non-hydrogen) atoms. The van der Waals surface area contributed by atoms with Crippen LogP contribution < -0.4 is 16.4 Å². The maximum Gasteiger partial charge on any atom is 0.251 e. The van der Waals surface area contributed by atoms with Crippen LogP contribution in [0.1, 0.15) is 27.1 Å². The Morgan fingerprint density at radius 3 is 2.19 bits per heavy atom. The van der Waals surface area contributed by atoms with Crippen LogP contribution in [0.25, 0.3) is 10.8 Å². The average molecular weight is 361 g/mol. The molecule has 0 aliphatic carbocycles. The fourth-order valence-corrected chi connectivity index (χ4v) is 2.66. The van der Waals surface area contributed by atoms with Gasteiger partial charge < -0.3 is 16.4 Å². The van der Waals surface area contributed by atoms with Gasteiger partial charge in [-0.15, -0.1) is 0 Å². The molecule has 3 aromatic carbocycles. The summed E-state index contributed by atoms with van der Waals surface area (Å²) < 4.78 is 0. The van der Waals surface area contributed by atoms with Gasteiger partial charge in [0, 0.05) is 29.8 Å². The first-order chi connectivity index (χ1) is 13.0. The van der Waals surface area contributed by atoms with E-state index in [-0.39, 0.29) is 24.8 Å². The summed E-state index contributed by atoms with van der Waals surface area (Å²) in [5.74, 6) is -0.982. The van der Waals surface area contributed by atoms with E-state index in [2.05, 4.69) is 10.6 Å². The van der Waals surface area contributed by atoms with Crippen molar-refractivity contribution in [1.29, 1.82) is 0 Å². The highest BCUT2D eigenvalue weighted by Gasteiger charge is 2.08. The fraction of sp³-hybridized carbons (Fsp3) is 0.0952. The highest BCUT2D eigenvalue weighted by molar-refractivity contribution is 5.99. The van der Waals surface area contributed by atoms with Crippen LogP contribution in [-0.2, 0) is 4.79 Å². The van der Waals surface area contributed by atoms with Crippen molar-refractivity contribution >= 4 is 34.2 Å². The number of fused-ring (bicyclic) bond motifs is 1. The Morgan fingerprint density at radius 1 is 0.815 bits per heavy atom. The van der Waals surface area contributed by atoms with Crippen molar-refractivity contribution in [1.82, 2.24) is 5.32 Å². The molecule has 0 heterocycles. The molecule has 0 spiro atoms. The van der Waals surface area contributed by atoms with E-state index >= 15 is 0 Å². The molecular formula is C21H19N3O3. The number of nitrogens with two attached hydrogens (primary N) is 1.